The summed E-state index contributed by atoms with van der Waals surface area (Å²) < 4.78 is 71.8. The lowest BCUT2D eigenvalue weighted by molar-refractivity contribution is 0.274. The number of hydrogen-bond acceptors (Lipinski definition) is 5. The first-order chi connectivity index (χ1) is 12.2. The van der Waals surface area contributed by atoms with Gasteiger partial charge in [-0.1, -0.05) is 0 Å². The molecule has 1 saturated carbocycles. The van der Waals surface area contributed by atoms with Gasteiger partial charge in [0.25, 0.3) is 0 Å². The first-order valence-electron chi connectivity index (χ1n) is 8.56. The highest BCUT2D eigenvalue weighted by Gasteiger charge is 2.41. The smallest absolute Gasteiger partial charge is 0.244 e. The van der Waals surface area contributed by atoms with Crippen LogP contribution in [0.4, 0.5) is 4.39 Å². The van der Waals surface area contributed by atoms with Crippen LogP contribution in [0.3, 0.4) is 0 Å². The third-order valence-corrected chi connectivity index (χ3v) is 8.70. The summed E-state index contributed by atoms with van der Waals surface area (Å²) in [5.41, 5.74) is 0. The molecule has 0 spiro atoms. The molecule has 0 unspecified atom stereocenters. The molecule has 2 fully saturated rings. The number of rotatable bonds is 7. The lowest BCUT2D eigenvalue weighted by Gasteiger charge is -2.31. The monoisotopic (exact) mass is 406 g/mol. The zero-order valence-electron chi connectivity index (χ0n) is 14.5. The minimum Gasteiger partial charge on any atom is -0.495 e. The second kappa shape index (κ2) is 7.41. The van der Waals surface area contributed by atoms with E-state index >= 15 is 0 Å². The third kappa shape index (κ3) is 4.19. The lowest BCUT2D eigenvalue weighted by Crippen LogP contribution is -2.42. The first kappa shape index (κ1) is 19.5. The third-order valence-electron chi connectivity index (χ3n) is 4.86. The largest absolute Gasteiger partial charge is 0.495 e. The molecule has 1 aromatic carbocycles. The van der Waals surface area contributed by atoms with Gasteiger partial charge < -0.3 is 4.74 Å². The van der Waals surface area contributed by atoms with Crippen LogP contribution in [-0.2, 0) is 20.0 Å². The van der Waals surface area contributed by atoms with E-state index in [1.165, 1.54) is 17.5 Å². The van der Waals surface area contributed by atoms with Crippen molar-refractivity contribution in [3.05, 3.63) is 24.0 Å². The Morgan fingerprint density at radius 3 is 2.38 bits per heavy atom. The van der Waals surface area contributed by atoms with Crippen molar-refractivity contribution in [1.82, 2.24) is 9.03 Å². The Hall–Kier alpha value is -1.23. The van der Waals surface area contributed by atoms with Crippen LogP contribution in [-0.4, -0.2) is 53.1 Å². The molecule has 0 radical (unpaired) electrons. The van der Waals surface area contributed by atoms with Gasteiger partial charge in [0.1, 0.15) is 16.5 Å². The van der Waals surface area contributed by atoms with Crippen LogP contribution >= 0.6 is 0 Å². The minimum atomic E-state index is -3.92. The summed E-state index contributed by atoms with van der Waals surface area (Å²) in [6.07, 6.45) is 2.65. The Labute approximate surface area is 153 Å². The topological polar surface area (TPSA) is 92.8 Å². The van der Waals surface area contributed by atoms with Crippen molar-refractivity contribution in [3.63, 3.8) is 0 Å². The molecule has 1 aliphatic heterocycles. The van der Waals surface area contributed by atoms with Crippen LogP contribution in [0.2, 0.25) is 0 Å². The molecule has 1 heterocycles. The molecular formula is C16H23FN2O5S2. The van der Waals surface area contributed by atoms with E-state index in [9.17, 15) is 21.2 Å². The van der Waals surface area contributed by atoms with Gasteiger partial charge in [-0.05, 0) is 49.8 Å². The molecule has 0 aromatic heterocycles. The summed E-state index contributed by atoms with van der Waals surface area (Å²) >= 11 is 0. The summed E-state index contributed by atoms with van der Waals surface area (Å²) in [7, 11) is -5.77. The van der Waals surface area contributed by atoms with Gasteiger partial charge in [-0.25, -0.2) is 30.3 Å². The molecule has 1 aliphatic carbocycles. The standard InChI is InChI=1S/C16H23FN2O5S2/c1-24-15-5-2-13(17)10-16(15)25(20,21)18-11-12-6-8-19(9-7-12)26(22,23)14-3-4-14/h2,5,10,12,14,18H,3-4,6-9,11H2,1H3. The Morgan fingerprint density at radius 2 is 1.81 bits per heavy atom. The van der Waals surface area contributed by atoms with Gasteiger partial charge in [-0.15, -0.1) is 0 Å². The Morgan fingerprint density at radius 1 is 1.15 bits per heavy atom. The second-order valence-corrected chi connectivity index (χ2v) is 10.7. The van der Waals surface area contributed by atoms with Gasteiger partial charge in [0.15, 0.2) is 0 Å². The van der Waals surface area contributed by atoms with E-state index in [1.807, 2.05) is 0 Å². The Balaban J connectivity index is 1.59. The minimum absolute atomic E-state index is 0.0370. The van der Waals surface area contributed by atoms with E-state index in [0.29, 0.717) is 25.9 Å². The Bertz CT molecular complexity index is 861. The van der Waals surface area contributed by atoms with Crippen molar-refractivity contribution in [2.45, 2.75) is 35.8 Å². The summed E-state index contributed by atoms with van der Waals surface area (Å²) in [6.45, 7) is 1.00. The highest BCUT2D eigenvalue weighted by molar-refractivity contribution is 7.90. The van der Waals surface area contributed by atoms with Crippen LogP contribution in [0.1, 0.15) is 25.7 Å². The van der Waals surface area contributed by atoms with E-state index < -0.39 is 25.9 Å². The van der Waals surface area contributed by atoms with Gasteiger partial charge in [0.05, 0.1) is 12.4 Å². The predicted octanol–water partition coefficient (Wildman–Crippen LogP) is 1.32. The van der Waals surface area contributed by atoms with Gasteiger partial charge >= 0.3 is 0 Å². The van der Waals surface area contributed by atoms with Crippen molar-refractivity contribution >= 4 is 20.0 Å². The van der Waals surface area contributed by atoms with Gasteiger partial charge in [0.2, 0.25) is 20.0 Å². The van der Waals surface area contributed by atoms with Crippen molar-refractivity contribution < 1.29 is 26.0 Å². The number of piperidine rings is 1. The average molecular weight is 407 g/mol. The van der Waals surface area contributed by atoms with Crippen molar-refractivity contribution in [3.8, 4) is 5.75 Å². The summed E-state index contributed by atoms with van der Waals surface area (Å²) in [5, 5.41) is -0.224. The number of sulfonamides is 2. The van der Waals surface area contributed by atoms with Crippen molar-refractivity contribution in [2.75, 3.05) is 26.7 Å². The molecular weight excluding hydrogens is 383 g/mol. The molecule has 1 aromatic rings. The van der Waals surface area contributed by atoms with Crippen LogP contribution in [0.15, 0.2) is 23.1 Å². The normalized spacial score (nSPS) is 20.2. The number of nitrogens with zero attached hydrogens (tertiary/aromatic N) is 1. The zero-order chi connectivity index (χ0) is 18.9. The summed E-state index contributed by atoms with van der Waals surface area (Å²) in [5.74, 6) is -0.552. The molecule has 26 heavy (non-hydrogen) atoms. The van der Waals surface area contributed by atoms with Crippen molar-refractivity contribution in [2.24, 2.45) is 5.92 Å². The molecule has 2 aliphatic rings. The molecule has 0 amide bonds. The maximum absolute atomic E-state index is 13.4. The van der Waals surface area contributed by atoms with E-state index in [1.54, 1.807) is 0 Å². The molecule has 7 nitrogen and oxygen atoms in total. The number of methoxy groups -OCH3 is 1. The molecule has 10 heteroatoms. The highest BCUT2D eigenvalue weighted by atomic mass is 32.2. The molecule has 0 bridgehead atoms. The fourth-order valence-electron chi connectivity index (χ4n) is 3.11. The van der Waals surface area contributed by atoms with Gasteiger partial charge in [-0.2, -0.15) is 0 Å². The van der Waals surface area contributed by atoms with Crippen LogP contribution in [0.5, 0.6) is 5.75 Å². The average Bonchev–Trinajstić information content (AvgIpc) is 3.46. The summed E-state index contributed by atoms with van der Waals surface area (Å²) in [4.78, 5) is -0.242. The van der Waals surface area contributed by atoms with Crippen molar-refractivity contribution in [1.29, 1.82) is 0 Å². The quantitative estimate of drug-likeness (QED) is 0.737. The zero-order valence-corrected chi connectivity index (χ0v) is 16.2. The number of hydrogen-bond donors (Lipinski definition) is 1. The van der Waals surface area contributed by atoms with E-state index in [0.717, 1.165) is 25.0 Å². The number of benzene rings is 1. The molecule has 1 saturated heterocycles. The van der Waals surface area contributed by atoms with Gasteiger partial charge in [-0.3, -0.25) is 0 Å². The molecule has 146 valence electrons. The first-order valence-corrected chi connectivity index (χ1v) is 11.5. The molecule has 1 N–H and O–H groups in total. The maximum atomic E-state index is 13.4. The van der Waals surface area contributed by atoms with Crippen LogP contribution < -0.4 is 9.46 Å². The van der Waals surface area contributed by atoms with E-state index in [4.69, 9.17) is 4.74 Å². The SMILES string of the molecule is COc1ccc(F)cc1S(=O)(=O)NCC1CCN(S(=O)(=O)C2CC2)CC1. The fourth-order valence-corrected chi connectivity index (χ4v) is 6.28. The van der Waals surface area contributed by atoms with Gasteiger partial charge in [0, 0.05) is 19.6 Å². The lowest BCUT2D eigenvalue weighted by atomic mass is 9.99. The van der Waals surface area contributed by atoms with Crippen LogP contribution in [0, 0.1) is 11.7 Å². The Kier molecular flexibility index (Phi) is 5.57. The van der Waals surface area contributed by atoms with Crippen LogP contribution in [0.25, 0.3) is 0 Å². The fraction of sp³-hybridized carbons (Fsp3) is 0.625. The predicted molar refractivity (Wildman–Crippen MR) is 94.4 cm³/mol. The number of nitrogens with one attached hydrogen (secondary N) is 1. The maximum Gasteiger partial charge on any atom is 0.244 e. The second-order valence-electron chi connectivity index (χ2n) is 6.73. The number of ether oxygens (including phenoxy) is 1. The van der Waals surface area contributed by atoms with E-state index in [2.05, 4.69) is 4.72 Å². The molecule has 3 rings (SSSR count). The number of halogens is 1. The highest BCUT2D eigenvalue weighted by Crippen LogP contribution is 2.33. The summed E-state index contributed by atoms with van der Waals surface area (Å²) in [6, 6.07) is 3.32. The van der Waals surface area contributed by atoms with E-state index in [-0.39, 0.29) is 28.4 Å². The molecule has 0 atom stereocenters.